The number of hydrogen-bond acceptors (Lipinski definition) is 8. The molecule has 506 valence electrons. The molecule has 6 fully saturated rings. The first-order chi connectivity index (χ1) is 37.7. The highest BCUT2D eigenvalue weighted by Crippen LogP contribution is 2.62. The lowest BCUT2D eigenvalue weighted by Crippen LogP contribution is -2.74. The molecule has 1 aromatic heterocycles. The number of urea groups is 2. The maximum atomic E-state index is 12.5. The number of carbonyl (C=O) groups is 6. The number of imidazole rings is 1. The van der Waals surface area contributed by atoms with Gasteiger partial charge in [-0.05, 0) is 163 Å². The van der Waals surface area contributed by atoms with Crippen molar-refractivity contribution < 1.29 is 33.5 Å². The number of β-lactam (4-membered cyclic amide) rings is 1. The third-order valence-electron chi connectivity index (χ3n) is 28.4. The molecule has 0 aliphatic carbocycles. The van der Waals surface area contributed by atoms with Gasteiger partial charge in [-0.3, -0.25) is 23.5 Å². The molecule has 0 spiro atoms. The molecule has 6 aliphatic heterocycles. The van der Waals surface area contributed by atoms with E-state index in [0.717, 1.165) is 11.4 Å². The van der Waals surface area contributed by atoms with Crippen molar-refractivity contribution in [2.24, 2.45) is 52.0 Å². The maximum absolute atomic E-state index is 12.5. The molecular formula is C69H132N10O8. The van der Waals surface area contributed by atoms with Crippen LogP contribution in [0.25, 0.3) is 0 Å². The number of likely N-dealkylation sites (N-methyl/N-ethyl adjacent to an activating group) is 3. The number of likely N-dealkylation sites (tertiary alicyclic amines) is 3. The summed E-state index contributed by atoms with van der Waals surface area (Å²) >= 11 is 0. The van der Waals surface area contributed by atoms with Crippen LogP contribution in [0.15, 0.2) is 4.79 Å². The van der Waals surface area contributed by atoms with E-state index >= 15 is 0 Å². The smallest absolute Gasteiger partial charge is 0.410 e. The van der Waals surface area contributed by atoms with Crippen molar-refractivity contribution in [1.29, 1.82) is 0 Å². The summed E-state index contributed by atoms with van der Waals surface area (Å²) in [7, 11) is 18.5. The number of aromatic nitrogens is 2. The number of piperidine rings is 1. The molecule has 8 amide bonds. The molecule has 18 nitrogen and oxygen atoms in total. The zero-order valence-corrected chi connectivity index (χ0v) is 64.2. The Labute approximate surface area is 531 Å². The fourth-order valence-corrected chi connectivity index (χ4v) is 12.2. The average Bonchev–Trinajstić information content (AvgIpc) is 1.92. The van der Waals surface area contributed by atoms with Crippen LogP contribution in [0.2, 0.25) is 0 Å². The number of ether oxygens (including phenoxy) is 1. The van der Waals surface area contributed by atoms with Gasteiger partial charge in [0.2, 0.25) is 17.7 Å². The molecule has 7 rings (SSSR count). The quantitative estimate of drug-likeness (QED) is 0.232. The highest BCUT2D eigenvalue weighted by atomic mass is 16.6. The fraction of sp³-hybridized carbons (Fsp3) is 0.870. The van der Waals surface area contributed by atoms with E-state index < -0.39 is 5.60 Å². The molecule has 6 aliphatic rings. The van der Waals surface area contributed by atoms with Crippen molar-refractivity contribution in [2.75, 3.05) is 56.4 Å². The molecule has 0 aromatic carbocycles. The second-order valence-corrected chi connectivity index (χ2v) is 34.2. The summed E-state index contributed by atoms with van der Waals surface area (Å²) < 4.78 is 8.46. The number of nitrogens with zero attached hydrogens (tertiary/aromatic N) is 10. The predicted octanol–water partition coefficient (Wildman–Crippen LogP) is 12.9. The maximum Gasteiger partial charge on any atom is 0.410 e. The zero-order chi connectivity index (χ0) is 70.7. The van der Waals surface area contributed by atoms with Gasteiger partial charge in [0.05, 0.1) is 33.0 Å². The molecule has 0 saturated carbocycles. The lowest BCUT2D eigenvalue weighted by atomic mass is 9.46. The van der Waals surface area contributed by atoms with Gasteiger partial charge in [0.1, 0.15) is 5.60 Å². The van der Waals surface area contributed by atoms with E-state index in [1.807, 2.05) is 138 Å². The van der Waals surface area contributed by atoms with Crippen LogP contribution < -0.4 is 5.69 Å². The standard InChI is InChI=1S/C14H27NO.C12H24N2O.C11H21NO.C9H18N2O.C8H15NO2.C8H15NO.C7H12N2O/c1-11(2)10(16)15(9)14(7,8)13(5,6)12(11,3)4;1-10(2)11(3,4)13(7)9(15)14(8)12(10,5)6;1-9(2)8(13)12(7)11(5,6)10(9,3)4;1-8(2)9(3,4)11(6)7(12)10(8)5;1-7(2)8(3,4)11-6(10)9(7)5;1-7(2)6(10)9(5)8(7,3)4;1-5-6(2)9(4)7(10)8(5)3/h1-9H3;1-8H3;1-7H3;1-6H3;1-5H3;1-5H3;1-4H3. The van der Waals surface area contributed by atoms with Crippen molar-refractivity contribution in [3.05, 3.63) is 21.9 Å². The van der Waals surface area contributed by atoms with Crippen LogP contribution in [-0.4, -0.2) is 191 Å². The Balaban J connectivity index is 0.000000511. The monoisotopic (exact) mass is 1230 g/mol. The van der Waals surface area contributed by atoms with Crippen molar-refractivity contribution in [2.45, 2.75) is 285 Å². The highest BCUT2D eigenvalue weighted by Gasteiger charge is 2.65. The summed E-state index contributed by atoms with van der Waals surface area (Å²) in [5, 5.41) is 0. The number of cyclic esters (lactones) is 1. The van der Waals surface area contributed by atoms with Gasteiger partial charge in [0.25, 0.3) is 0 Å². The van der Waals surface area contributed by atoms with Gasteiger partial charge in [-0.25, -0.2) is 19.2 Å². The van der Waals surface area contributed by atoms with Crippen LogP contribution in [-0.2, 0) is 33.2 Å². The van der Waals surface area contributed by atoms with E-state index in [1.165, 1.54) is 0 Å². The van der Waals surface area contributed by atoms with E-state index in [1.54, 1.807) is 49.9 Å². The van der Waals surface area contributed by atoms with Crippen molar-refractivity contribution in [1.82, 2.24) is 48.3 Å². The molecule has 18 heteroatoms. The normalized spacial score (nSPS) is 26.3. The third-order valence-corrected chi connectivity index (χ3v) is 28.4. The Morgan fingerprint density at radius 3 is 0.667 bits per heavy atom. The van der Waals surface area contributed by atoms with Gasteiger partial charge in [0.15, 0.2) is 0 Å². The first kappa shape index (κ1) is 80.2. The van der Waals surface area contributed by atoms with Crippen molar-refractivity contribution >= 4 is 35.9 Å². The minimum Gasteiger partial charge on any atom is -0.441 e. The minimum absolute atomic E-state index is 0.00579. The van der Waals surface area contributed by atoms with Crippen molar-refractivity contribution in [3.63, 3.8) is 0 Å². The second-order valence-electron chi connectivity index (χ2n) is 34.2. The zero-order valence-electron chi connectivity index (χ0n) is 64.2. The molecular weight excluding hydrogens is 1100 g/mol. The summed E-state index contributed by atoms with van der Waals surface area (Å²) in [4.78, 5) is 96.2. The lowest BCUT2D eigenvalue weighted by molar-refractivity contribution is -0.195. The van der Waals surface area contributed by atoms with Crippen LogP contribution in [0.1, 0.15) is 233 Å². The fourth-order valence-electron chi connectivity index (χ4n) is 12.2. The van der Waals surface area contributed by atoms with Crippen LogP contribution >= 0.6 is 0 Å². The molecule has 0 N–H and O–H groups in total. The minimum atomic E-state index is -0.390. The number of carbonyl (C=O) groups excluding carboxylic acids is 6. The number of rotatable bonds is 0. The van der Waals surface area contributed by atoms with Gasteiger partial charge >= 0.3 is 23.8 Å². The number of hydrogen-bond donors (Lipinski definition) is 0. The van der Waals surface area contributed by atoms with Crippen LogP contribution in [0.5, 0.6) is 0 Å². The first-order valence-corrected chi connectivity index (χ1v) is 31.3. The van der Waals surface area contributed by atoms with Crippen LogP contribution in [0, 0.1) is 51.8 Å². The van der Waals surface area contributed by atoms with Crippen LogP contribution in [0.4, 0.5) is 14.4 Å². The van der Waals surface area contributed by atoms with E-state index in [4.69, 9.17) is 4.74 Å². The highest BCUT2D eigenvalue weighted by molar-refractivity contribution is 5.90. The summed E-state index contributed by atoms with van der Waals surface area (Å²) in [6, 6.07) is 0.203. The summed E-state index contributed by atoms with van der Waals surface area (Å²) in [6.45, 7) is 71.5. The average molecular weight is 1230 g/mol. The van der Waals surface area contributed by atoms with Gasteiger partial charge < -0.3 is 43.9 Å². The van der Waals surface area contributed by atoms with Gasteiger partial charge in [0, 0.05) is 120 Å². The molecule has 6 saturated heterocycles. The van der Waals surface area contributed by atoms with Crippen molar-refractivity contribution in [3.8, 4) is 0 Å². The predicted molar refractivity (Wildman–Crippen MR) is 358 cm³/mol. The first-order valence-electron chi connectivity index (χ1n) is 31.3. The molecule has 7 heterocycles. The van der Waals surface area contributed by atoms with E-state index in [-0.39, 0.29) is 124 Å². The Hall–Kier alpha value is -4.77. The summed E-state index contributed by atoms with van der Waals surface area (Å²) in [5.74, 6) is 0.752. The Morgan fingerprint density at radius 1 is 0.253 bits per heavy atom. The molecule has 0 bridgehead atoms. The Morgan fingerprint density at radius 2 is 0.494 bits per heavy atom. The third kappa shape index (κ3) is 11.8. The van der Waals surface area contributed by atoms with Gasteiger partial charge in [-0.15, -0.1) is 0 Å². The summed E-state index contributed by atoms with van der Waals surface area (Å²) in [6.07, 6.45) is -0.236. The molecule has 0 radical (unpaired) electrons. The lowest BCUT2D eigenvalue weighted by Gasteiger charge is -2.65. The topological polar surface area (TPSA) is 164 Å². The molecule has 0 unspecified atom stereocenters. The van der Waals surface area contributed by atoms with Crippen LogP contribution in [0.3, 0.4) is 0 Å². The number of amides is 8. The Bertz CT molecular complexity index is 2750. The molecule has 0 atom stereocenters. The summed E-state index contributed by atoms with van der Waals surface area (Å²) in [5.41, 5.74) is 0.202. The molecule has 87 heavy (non-hydrogen) atoms. The van der Waals surface area contributed by atoms with E-state index in [2.05, 4.69) is 166 Å². The largest absolute Gasteiger partial charge is 0.441 e. The Kier molecular flexibility index (Phi) is 21.7. The molecule has 1 aromatic rings. The van der Waals surface area contributed by atoms with Gasteiger partial charge in [-0.1, -0.05) is 83.1 Å². The van der Waals surface area contributed by atoms with E-state index in [9.17, 15) is 33.6 Å². The second kappa shape index (κ2) is 23.5. The SMILES string of the molecule is CN1C(=O)C(C)(C)C(C)(C)C(C)(C)C1(C)C.CN1C(=O)C(C)(C)C(C)(C)C1(C)C.CN1C(=O)C(C)(C)C1(C)C.CN1C(=O)N(C)C(C)(C)C(C)(C)C1(C)C.CN1C(=O)N(C)C(C)(C)C1(C)C.CN1C(=O)OC(C)(C)C1(C)C.Cc1c(C)n(C)c(=O)n1C. The van der Waals surface area contributed by atoms with Gasteiger partial charge in [-0.2, -0.15) is 0 Å². The van der Waals surface area contributed by atoms with E-state index in [0.29, 0.717) is 0 Å².